The van der Waals surface area contributed by atoms with Gasteiger partial charge in [0.05, 0.1) is 0 Å². The third-order valence-corrected chi connectivity index (χ3v) is 5.00. The van der Waals surface area contributed by atoms with Gasteiger partial charge < -0.3 is 9.72 Å². The van der Waals surface area contributed by atoms with E-state index in [1.54, 1.807) is 20.0 Å². The summed E-state index contributed by atoms with van der Waals surface area (Å²) < 4.78 is 5.40. The molecular formula is C20H19NO3S. The van der Waals surface area contributed by atoms with Crippen LogP contribution in [0.1, 0.15) is 24.2 Å². The molecular weight excluding hydrogens is 334 g/mol. The second kappa shape index (κ2) is 7.57. The highest BCUT2D eigenvalue weighted by Gasteiger charge is 2.25. The molecule has 3 aromatic rings. The molecule has 2 aromatic carbocycles. The van der Waals surface area contributed by atoms with Gasteiger partial charge in [-0.05, 0) is 32.0 Å². The van der Waals surface area contributed by atoms with E-state index in [0.29, 0.717) is 5.56 Å². The van der Waals surface area contributed by atoms with Crippen LogP contribution in [0.4, 0.5) is 0 Å². The second-order valence-corrected chi connectivity index (χ2v) is 7.18. The Bertz CT molecular complexity index is 888. The van der Waals surface area contributed by atoms with Gasteiger partial charge in [-0.15, -0.1) is 11.8 Å². The number of ether oxygens (including phenoxy) is 1. The van der Waals surface area contributed by atoms with Crippen LogP contribution in [0.2, 0.25) is 0 Å². The summed E-state index contributed by atoms with van der Waals surface area (Å²) in [5.41, 5.74) is 1.43. The van der Waals surface area contributed by atoms with E-state index in [9.17, 15) is 9.59 Å². The summed E-state index contributed by atoms with van der Waals surface area (Å²) in [7, 11) is 0. The number of thioether (sulfide) groups is 1. The van der Waals surface area contributed by atoms with Gasteiger partial charge in [0, 0.05) is 27.6 Å². The number of para-hydroxylation sites is 1. The van der Waals surface area contributed by atoms with Crippen LogP contribution in [0, 0.1) is 0 Å². The average molecular weight is 353 g/mol. The molecule has 0 aliphatic carbocycles. The van der Waals surface area contributed by atoms with Crippen LogP contribution in [0.25, 0.3) is 10.9 Å². The zero-order valence-corrected chi connectivity index (χ0v) is 14.9. The monoisotopic (exact) mass is 353 g/mol. The molecule has 25 heavy (non-hydrogen) atoms. The van der Waals surface area contributed by atoms with E-state index in [4.69, 9.17) is 4.74 Å². The predicted octanol–water partition coefficient (Wildman–Crippen LogP) is 4.46. The van der Waals surface area contributed by atoms with Gasteiger partial charge in [0.25, 0.3) is 0 Å². The van der Waals surface area contributed by atoms with Gasteiger partial charge in [-0.2, -0.15) is 0 Å². The molecule has 5 heteroatoms. The number of rotatable bonds is 6. The zero-order chi connectivity index (χ0) is 17.8. The molecule has 0 bridgehead atoms. The zero-order valence-electron chi connectivity index (χ0n) is 14.1. The largest absolute Gasteiger partial charge is 0.453 e. The maximum Gasteiger partial charge on any atom is 0.319 e. The first-order valence-corrected chi connectivity index (χ1v) is 8.96. The minimum Gasteiger partial charge on any atom is -0.453 e. The van der Waals surface area contributed by atoms with Crippen LogP contribution in [0.3, 0.4) is 0 Å². The Morgan fingerprint density at radius 2 is 1.68 bits per heavy atom. The Kier molecular flexibility index (Phi) is 5.24. The Morgan fingerprint density at radius 1 is 1.00 bits per heavy atom. The van der Waals surface area contributed by atoms with Crippen LogP contribution in [0.15, 0.2) is 65.7 Å². The van der Waals surface area contributed by atoms with Gasteiger partial charge in [-0.25, -0.2) is 0 Å². The third-order valence-electron chi connectivity index (χ3n) is 3.90. The smallest absolute Gasteiger partial charge is 0.319 e. The van der Waals surface area contributed by atoms with E-state index in [1.165, 1.54) is 11.8 Å². The quantitative estimate of drug-likeness (QED) is 0.404. The average Bonchev–Trinajstić information content (AvgIpc) is 3.05. The van der Waals surface area contributed by atoms with Crippen LogP contribution in [-0.2, 0) is 9.53 Å². The predicted molar refractivity (Wildman–Crippen MR) is 99.9 cm³/mol. The molecule has 4 nitrogen and oxygen atoms in total. The number of H-pyrrole nitrogens is 1. The Morgan fingerprint density at radius 3 is 2.44 bits per heavy atom. The number of Topliss-reactive ketones (excluding diaryl/α,β-unsaturated/α-hetero) is 1. The fourth-order valence-electron chi connectivity index (χ4n) is 2.57. The van der Waals surface area contributed by atoms with Crippen molar-refractivity contribution in [2.45, 2.75) is 30.1 Å². The van der Waals surface area contributed by atoms with E-state index in [0.717, 1.165) is 15.8 Å². The summed E-state index contributed by atoms with van der Waals surface area (Å²) in [5, 5.41) is 0.447. The highest BCUT2D eigenvalue weighted by molar-refractivity contribution is 8.00. The lowest BCUT2D eigenvalue weighted by atomic mass is 10.1. The topological polar surface area (TPSA) is 59.2 Å². The summed E-state index contributed by atoms with van der Waals surface area (Å²) in [5.74, 6) is -0.600. The molecule has 1 aromatic heterocycles. The summed E-state index contributed by atoms with van der Waals surface area (Å²) in [4.78, 5) is 29.0. The van der Waals surface area contributed by atoms with Crippen LogP contribution in [-0.4, -0.2) is 28.1 Å². The molecule has 0 aliphatic heterocycles. The number of fused-ring (bicyclic) bond motifs is 1. The first-order chi connectivity index (χ1) is 12.1. The van der Waals surface area contributed by atoms with Crippen molar-refractivity contribution in [1.29, 1.82) is 0 Å². The lowest BCUT2D eigenvalue weighted by Crippen LogP contribution is -2.28. The molecule has 0 radical (unpaired) electrons. The number of nitrogens with one attached hydrogen (secondary N) is 1. The van der Waals surface area contributed by atoms with Crippen LogP contribution in [0.5, 0.6) is 0 Å². The Hall–Kier alpha value is -2.53. The maximum atomic E-state index is 12.6. The maximum absolute atomic E-state index is 12.6. The van der Waals surface area contributed by atoms with E-state index < -0.39 is 12.1 Å². The standard InChI is InChI=1S/C20H19NO3S/c1-13(19(22)17-12-21-18-11-7-6-10-16(17)18)24-20(23)14(2)25-15-8-4-3-5-9-15/h3-14,21H,1-2H3/t13-,14+/m1/s1. The molecule has 128 valence electrons. The normalized spacial score (nSPS) is 13.4. The number of benzene rings is 2. The third kappa shape index (κ3) is 3.94. The summed E-state index contributed by atoms with van der Waals surface area (Å²) in [6.45, 7) is 3.39. The molecule has 0 amide bonds. The molecule has 0 spiro atoms. The first kappa shape index (κ1) is 17.3. The highest BCUT2D eigenvalue weighted by Crippen LogP contribution is 2.25. The van der Waals surface area contributed by atoms with Gasteiger partial charge in [0.1, 0.15) is 5.25 Å². The van der Waals surface area contributed by atoms with E-state index in [1.807, 2.05) is 54.6 Å². The highest BCUT2D eigenvalue weighted by atomic mass is 32.2. The van der Waals surface area contributed by atoms with Crippen molar-refractivity contribution in [3.8, 4) is 0 Å². The first-order valence-electron chi connectivity index (χ1n) is 8.09. The molecule has 0 unspecified atom stereocenters. The number of hydrogen-bond donors (Lipinski definition) is 1. The molecule has 0 saturated heterocycles. The molecule has 2 atom stereocenters. The SMILES string of the molecule is C[C@H](Sc1ccccc1)C(=O)O[C@H](C)C(=O)c1c[nH]c2ccccc12. The number of carbonyl (C=O) groups is 2. The summed E-state index contributed by atoms with van der Waals surface area (Å²) >= 11 is 1.41. The number of ketones is 1. The lowest BCUT2D eigenvalue weighted by molar-refractivity contribution is -0.145. The fraction of sp³-hybridized carbons (Fsp3) is 0.200. The minimum absolute atomic E-state index is 0.206. The molecule has 0 saturated carbocycles. The van der Waals surface area contributed by atoms with Gasteiger partial charge in [0.15, 0.2) is 6.10 Å². The van der Waals surface area contributed by atoms with Gasteiger partial charge >= 0.3 is 5.97 Å². The van der Waals surface area contributed by atoms with Crippen molar-refractivity contribution in [2.24, 2.45) is 0 Å². The van der Waals surface area contributed by atoms with Gasteiger partial charge in [-0.3, -0.25) is 9.59 Å². The summed E-state index contributed by atoms with van der Waals surface area (Å²) in [6, 6.07) is 17.2. The van der Waals surface area contributed by atoms with Crippen molar-refractivity contribution in [2.75, 3.05) is 0 Å². The van der Waals surface area contributed by atoms with Crippen molar-refractivity contribution >= 4 is 34.4 Å². The number of aromatic amines is 1. The van der Waals surface area contributed by atoms with E-state index in [2.05, 4.69) is 4.98 Å². The summed E-state index contributed by atoms with van der Waals surface area (Å²) in [6.07, 6.45) is 0.838. The molecule has 3 rings (SSSR count). The number of aromatic nitrogens is 1. The van der Waals surface area contributed by atoms with Crippen LogP contribution < -0.4 is 0 Å². The Balaban J connectivity index is 1.65. The van der Waals surface area contributed by atoms with E-state index >= 15 is 0 Å². The van der Waals surface area contributed by atoms with Gasteiger partial charge in [-0.1, -0.05) is 36.4 Å². The number of hydrogen-bond acceptors (Lipinski definition) is 4. The lowest BCUT2D eigenvalue weighted by Gasteiger charge is -2.15. The molecule has 0 fully saturated rings. The molecule has 1 N–H and O–H groups in total. The van der Waals surface area contributed by atoms with Crippen molar-refractivity contribution < 1.29 is 14.3 Å². The van der Waals surface area contributed by atoms with Crippen molar-refractivity contribution in [3.63, 3.8) is 0 Å². The molecule has 1 heterocycles. The fourth-order valence-corrected chi connectivity index (χ4v) is 3.44. The van der Waals surface area contributed by atoms with Crippen molar-refractivity contribution in [3.05, 3.63) is 66.4 Å². The number of esters is 1. The Labute approximate surface area is 150 Å². The van der Waals surface area contributed by atoms with Gasteiger partial charge in [0.2, 0.25) is 5.78 Å². The van der Waals surface area contributed by atoms with Crippen molar-refractivity contribution in [1.82, 2.24) is 4.98 Å². The van der Waals surface area contributed by atoms with Crippen LogP contribution >= 0.6 is 11.8 Å². The minimum atomic E-state index is -0.828. The second-order valence-electron chi connectivity index (χ2n) is 5.76. The molecule has 0 aliphatic rings. The van der Waals surface area contributed by atoms with E-state index in [-0.39, 0.29) is 11.0 Å². The number of carbonyl (C=O) groups excluding carboxylic acids is 2.